The first-order valence-electron chi connectivity index (χ1n) is 3.42. The molecule has 0 radical (unpaired) electrons. The lowest BCUT2D eigenvalue weighted by Crippen LogP contribution is -2.01. The second-order valence-corrected chi connectivity index (χ2v) is 4.18. The van der Waals surface area contributed by atoms with Crippen molar-refractivity contribution < 1.29 is 17.8 Å². The molecular formula is C7H6ClNO4S. The summed E-state index contributed by atoms with van der Waals surface area (Å²) in [7, 11) is -4.36. The van der Waals surface area contributed by atoms with Crippen molar-refractivity contribution in [3.8, 4) is 0 Å². The van der Waals surface area contributed by atoms with Crippen LogP contribution in [0.1, 0.15) is 0 Å². The van der Waals surface area contributed by atoms with Gasteiger partial charge in [-0.25, -0.2) is 0 Å². The zero-order chi connectivity index (χ0) is 10.8. The smallest absolute Gasteiger partial charge is 0.296 e. The number of halogens is 1. The van der Waals surface area contributed by atoms with Gasteiger partial charge in [0.1, 0.15) is 4.90 Å². The Kier molecular flexibility index (Phi) is 3.10. The molecule has 7 heteroatoms. The molecule has 1 aromatic carbocycles. The lowest BCUT2D eigenvalue weighted by atomic mass is 10.3. The highest BCUT2D eigenvalue weighted by atomic mass is 35.5. The topological polar surface area (TPSA) is 83.5 Å². The summed E-state index contributed by atoms with van der Waals surface area (Å²) in [5, 5.41) is 2.13. The van der Waals surface area contributed by atoms with Gasteiger partial charge >= 0.3 is 0 Å². The van der Waals surface area contributed by atoms with Gasteiger partial charge in [-0.1, -0.05) is 11.6 Å². The summed E-state index contributed by atoms with van der Waals surface area (Å²) in [4.78, 5) is 9.63. The maximum absolute atomic E-state index is 10.8. The molecule has 0 unspecified atom stereocenters. The second kappa shape index (κ2) is 3.95. The van der Waals surface area contributed by atoms with E-state index in [-0.39, 0.29) is 10.7 Å². The van der Waals surface area contributed by atoms with Crippen LogP contribution in [0.25, 0.3) is 0 Å². The maximum atomic E-state index is 10.8. The zero-order valence-electron chi connectivity index (χ0n) is 6.77. The van der Waals surface area contributed by atoms with Crippen LogP contribution in [-0.2, 0) is 14.9 Å². The van der Waals surface area contributed by atoms with Gasteiger partial charge in [-0.05, 0) is 18.2 Å². The predicted octanol–water partition coefficient (Wildman–Crippen LogP) is 1.16. The summed E-state index contributed by atoms with van der Waals surface area (Å²) < 4.78 is 30.3. The summed E-state index contributed by atoms with van der Waals surface area (Å²) in [6.45, 7) is 0. The average molecular weight is 236 g/mol. The molecule has 0 bridgehead atoms. The minimum absolute atomic E-state index is 0.107. The standard InChI is InChI=1S/C7H6ClNO4S/c8-6-2-1-5(9-4-10)3-7(6)14(11,12)13/h1-4H,(H,9,10)(H,11,12,13). The molecule has 76 valence electrons. The Hall–Kier alpha value is -1.11. The third-order valence-electron chi connectivity index (χ3n) is 1.43. The van der Waals surface area contributed by atoms with E-state index in [0.717, 1.165) is 6.07 Å². The average Bonchev–Trinajstić information content (AvgIpc) is 2.07. The Labute approximate surface area is 85.4 Å². The maximum Gasteiger partial charge on any atom is 0.296 e. The lowest BCUT2D eigenvalue weighted by Gasteiger charge is -2.03. The fraction of sp³-hybridized carbons (Fsp3) is 0. The number of hydrogen-bond donors (Lipinski definition) is 2. The molecule has 1 rings (SSSR count). The molecule has 0 spiro atoms. The second-order valence-electron chi connectivity index (χ2n) is 2.38. The first-order valence-corrected chi connectivity index (χ1v) is 5.24. The lowest BCUT2D eigenvalue weighted by molar-refractivity contribution is -0.105. The third kappa shape index (κ3) is 2.44. The molecule has 0 saturated heterocycles. The minimum Gasteiger partial charge on any atom is -0.329 e. The number of rotatable bonds is 3. The van der Waals surface area contributed by atoms with E-state index in [1.54, 1.807) is 0 Å². The first kappa shape index (κ1) is 11.0. The summed E-state index contributed by atoms with van der Waals surface area (Å²) in [5.74, 6) is 0. The quantitative estimate of drug-likeness (QED) is 0.608. The molecule has 1 amide bonds. The number of nitrogens with one attached hydrogen (secondary N) is 1. The summed E-state index contributed by atoms with van der Waals surface area (Å²) in [5.41, 5.74) is 0.233. The molecular weight excluding hydrogens is 230 g/mol. The van der Waals surface area contributed by atoms with E-state index in [9.17, 15) is 13.2 Å². The van der Waals surface area contributed by atoms with Gasteiger partial charge in [0, 0.05) is 5.69 Å². The van der Waals surface area contributed by atoms with E-state index in [1.165, 1.54) is 12.1 Å². The molecule has 0 atom stereocenters. The third-order valence-corrected chi connectivity index (χ3v) is 2.77. The van der Waals surface area contributed by atoms with Crippen molar-refractivity contribution in [2.75, 3.05) is 5.32 Å². The van der Waals surface area contributed by atoms with Crippen LogP contribution in [0.2, 0.25) is 5.02 Å². The Morgan fingerprint density at radius 3 is 2.57 bits per heavy atom. The number of anilines is 1. The van der Waals surface area contributed by atoms with Gasteiger partial charge in [0.05, 0.1) is 5.02 Å². The van der Waals surface area contributed by atoms with Crippen molar-refractivity contribution in [1.82, 2.24) is 0 Å². The van der Waals surface area contributed by atoms with E-state index in [0.29, 0.717) is 6.41 Å². The number of hydrogen-bond acceptors (Lipinski definition) is 3. The minimum atomic E-state index is -4.36. The van der Waals surface area contributed by atoms with Crippen molar-refractivity contribution in [3.63, 3.8) is 0 Å². The van der Waals surface area contributed by atoms with E-state index in [4.69, 9.17) is 16.2 Å². The molecule has 1 aromatic rings. The van der Waals surface area contributed by atoms with Crippen LogP contribution in [0.4, 0.5) is 5.69 Å². The Balaban J connectivity index is 3.29. The predicted molar refractivity (Wildman–Crippen MR) is 51.0 cm³/mol. The highest BCUT2D eigenvalue weighted by molar-refractivity contribution is 7.86. The molecule has 0 fully saturated rings. The van der Waals surface area contributed by atoms with E-state index in [1.807, 2.05) is 0 Å². The molecule has 5 nitrogen and oxygen atoms in total. The van der Waals surface area contributed by atoms with Gasteiger partial charge in [-0.2, -0.15) is 8.42 Å². The summed E-state index contributed by atoms with van der Waals surface area (Å²) in [6.07, 6.45) is 0.386. The fourth-order valence-corrected chi connectivity index (χ4v) is 1.86. The summed E-state index contributed by atoms with van der Waals surface area (Å²) >= 11 is 5.53. The molecule has 0 aromatic heterocycles. The SMILES string of the molecule is O=CNc1ccc(Cl)c(S(=O)(=O)O)c1. The Morgan fingerprint density at radius 1 is 1.43 bits per heavy atom. The highest BCUT2D eigenvalue weighted by Gasteiger charge is 2.14. The van der Waals surface area contributed by atoms with Gasteiger partial charge in [-0.3, -0.25) is 9.35 Å². The normalized spacial score (nSPS) is 11.0. The van der Waals surface area contributed by atoms with Crippen LogP contribution in [0.15, 0.2) is 23.1 Å². The van der Waals surface area contributed by atoms with E-state index in [2.05, 4.69) is 5.32 Å². The molecule has 0 aliphatic carbocycles. The Morgan fingerprint density at radius 2 is 2.07 bits per heavy atom. The van der Waals surface area contributed by atoms with E-state index >= 15 is 0 Å². The molecule has 0 aliphatic heterocycles. The number of benzene rings is 1. The number of amides is 1. The number of carbonyl (C=O) groups is 1. The van der Waals surface area contributed by atoms with Crippen LogP contribution in [-0.4, -0.2) is 19.4 Å². The first-order chi connectivity index (χ1) is 6.45. The zero-order valence-corrected chi connectivity index (χ0v) is 8.34. The Bertz CT molecular complexity index is 457. The van der Waals surface area contributed by atoms with Gasteiger partial charge in [0.2, 0.25) is 6.41 Å². The van der Waals surface area contributed by atoms with Crippen molar-refractivity contribution in [3.05, 3.63) is 23.2 Å². The van der Waals surface area contributed by atoms with Gasteiger partial charge < -0.3 is 5.32 Å². The summed E-state index contributed by atoms with van der Waals surface area (Å²) in [6, 6.07) is 3.73. The monoisotopic (exact) mass is 235 g/mol. The van der Waals surface area contributed by atoms with E-state index < -0.39 is 15.0 Å². The molecule has 0 heterocycles. The molecule has 0 aliphatic rings. The molecule has 14 heavy (non-hydrogen) atoms. The number of carbonyl (C=O) groups excluding carboxylic acids is 1. The van der Waals surface area contributed by atoms with Crippen LogP contribution < -0.4 is 5.32 Å². The van der Waals surface area contributed by atoms with Crippen molar-refractivity contribution >= 4 is 33.8 Å². The highest BCUT2D eigenvalue weighted by Crippen LogP contribution is 2.24. The van der Waals surface area contributed by atoms with Crippen molar-refractivity contribution in [1.29, 1.82) is 0 Å². The fourth-order valence-electron chi connectivity index (χ4n) is 0.859. The van der Waals surface area contributed by atoms with Crippen LogP contribution in [0, 0.1) is 0 Å². The van der Waals surface area contributed by atoms with Gasteiger partial charge in [-0.15, -0.1) is 0 Å². The van der Waals surface area contributed by atoms with Crippen molar-refractivity contribution in [2.45, 2.75) is 4.90 Å². The molecule has 0 saturated carbocycles. The van der Waals surface area contributed by atoms with Crippen LogP contribution in [0.3, 0.4) is 0 Å². The molecule has 2 N–H and O–H groups in total. The van der Waals surface area contributed by atoms with Crippen LogP contribution >= 0.6 is 11.6 Å². The van der Waals surface area contributed by atoms with Crippen LogP contribution in [0.5, 0.6) is 0 Å². The largest absolute Gasteiger partial charge is 0.329 e. The van der Waals surface area contributed by atoms with Crippen molar-refractivity contribution in [2.24, 2.45) is 0 Å². The van der Waals surface area contributed by atoms with Gasteiger partial charge in [0.15, 0.2) is 0 Å². The van der Waals surface area contributed by atoms with Gasteiger partial charge in [0.25, 0.3) is 10.1 Å².